The summed E-state index contributed by atoms with van der Waals surface area (Å²) in [5.74, 6) is -4.09. The molecule has 3 aromatic carbocycles. The third kappa shape index (κ3) is 3.90. The molecule has 4 atom stereocenters. The standard InChI is InChI=1S/C28H25BrN2O5/c1-2-16-3-11-20(12-4-16)31-25(33)22-23(26(31)34)28(27(35)36,15-17-5-13-21(32)14-6-17)30-24(22)18-7-9-19(29)10-8-18/h3-14,22-24,30,32H,2,15H2,1H3,(H,35,36). The van der Waals surface area contributed by atoms with E-state index in [1.165, 1.54) is 12.1 Å². The number of amides is 2. The molecule has 2 amide bonds. The van der Waals surface area contributed by atoms with E-state index >= 15 is 0 Å². The highest BCUT2D eigenvalue weighted by molar-refractivity contribution is 9.10. The topological polar surface area (TPSA) is 107 Å². The van der Waals surface area contributed by atoms with Gasteiger partial charge in [-0.05, 0) is 59.5 Å². The number of nitrogens with zero attached hydrogens (tertiary/aromatic N) is 1. The van der Waals surface area contributed by atoms with Crippen molar-refractivity contribution in [2.24, 2.45) is 11.8 Å². The van der Waals surface area contributed by atoms with Crippen LogP contribution in [-0.4, -0.2) is 33.5 Å². The fourth-order valence-electron chi connectivity index (χ4n) is 5.47. The van der Waals surface area contributed by atoms with Crippen LogP contribution in [0.15, 0.2) is 77.3 Å². The van der Waals surface area contributed by atoms with Gasteiger partial charge < -0.3 is 10.2 Å². The Labute approximate surface area is 216 Å². The van der Waals surface area contributed by atoms with Crippen LogP contribution in [0.5, 0.6) is 5.75 Å². The molecular formula is C28H25BrN2O5. The zero-order valence-electron chi connectivity index (χ0n) is 19.5. The molecule has 3 N–H and O–H groups in total. The van der Waals surface area contributed by atoms with Crippen LogP contribution in [0.2, 0.25) is 0 Å². The van der Waals surface area contributed by atoms with Crippen molar-refractivity contribution in [3.05, 3.63) is 94.0 Å². The van der Waals surface area contributed by atoms with Gasteiger partial charge in [0.15, 0.2) is 0 Å². The number of hydrogen-bond acceptors (Lipinski definition) is 5. The molecule has 3 aromatic rings. The molecule has 2 heterocycles. The van der Waals surface area contributed by atoms with Crippen molar-refractivity contribution in [2.45, 2.75) is 31.3 Å². The van der Waals surface area contributed by atoms with E-state index < -0.39 is 41.2 Å². The van der Waals surface area contributed by atoms with Crippen LogP contribution >= 0.6 is 15.9 Å². The molecule has 2 aliphatic heterocycles. The maximum Gasteiger partial charge on any atom is 0.325 e. The Hall–Kier alpha value is -3.49. The lowest BCUT2D eigenvalue weighted by Crippen LogP contribution is -2.57. The molecule has 5 rings (SSSR count). The summed E-state index contributed by atoms with van der Waals surface area (Å²) in [4.78, 5) is 41.8. The summed E-state index contributed by atoms with van der Waals surface area (Å²) >= 11 is 3.42. The average molecular weight is 549 g/mol. The fraction of sp³-hybridized carbons (Fsp3) is 0.250. The van der Waals surface area contributed by atoms with Gasteiger partial charge in [-0.15, -0.1) is 0 Å². The summed E-state index contributed by atoms with van der Waals surface area (Å²) in [5, 5.41) is 23.5. The summed E-state index contributed by atoms with van der Waals surface area (Å²) in [6.45, 7) is 2.02. The molecule has 0 aliphatic carbocycles. The molecule has 2 fully saturated rings. The molecule has 0 spiro atoms. The van der Waals surface area contributed by atoms with E-state index in [4.69, 9.17) is 0 Å². The first-order valence-electron chi connectivity index (χ1n) is 11.8. The normalized spacial score (nSPS) is 25.3. The first-order chi connectivity index (χ1) is 17.2. The lowest BCUT2D eigenvalue weighted by molar-refractivity contribution is -0.148. The van der Waals surface area contributed by atoms with Crippen molar-refractivity contribution < 1.29 is 24.6 Å². The predicted octanol–water partition coefficient (Wildman–Crippen LogP) is 4.23. The second kappa shape index (κ2) is 9.19. The molecule has 0 aromatic heterocycles. The van der Waals surface area contributed by atoms with Crippen LogP contribution < -0.4 is 10.2 Å². The highest BCUT2D eigenvalue weighted by atomic mass is 79.9. The number of fused-ring (bicyclic) bond motifs is 1. The first kappa shape index (κ1) is 24.2. The van der Waals surface area contributed by atoms with Gasteiger partial charge in [-0.3, -0.25) is 19.7 Å². The maximum atomic E-state index is 13.9. The smallest absolute Gasteiger partial charge is 0.325 e. The molecule has 2 aliphatic rings. The first-order valence-corrected chi connectivity index (χ1v) is 12.6. The Bertz CT molecular complexity index is 1320. The quantitative estimate of drug-likeness (QED) is 0.398. The third-order valence-corrected chi connectivity index (χ3v) is 7.82. The number of phenols is 1. The minimum Gasteiger partial charge on any atom is -0.508 e. The second-order valence-electron chi connectivity index (χ2n) is 9.33. The van der Waals surface area contributed by atoms with Crippen molar-refractivity contribution in [2.75, 3.05) is 4.90 Å². The fourth-order valence-corrected chi connectivity index (χ4v) is 5.73. The number of anilines is 1. The molecule has 2 saturated heterocycles. The number of carbonyl (C=O) groups is 3. The lowest BCUT2D eigenvalue weighted by atomic mass is 9.76. The minimum absolute atomic E-state index is 0.0293. The number of benzene rings is 3. The zero-order valence-corrected chi connectivity index (χ0v) is 21.1. The summed E-state index contributed by atoms with van der Waals surface area (Å²) in [5.41, 5.74) is 1.15. The third-order valence-electron chi connectivity index (χ3n) is 7.29. The lowest BCUT2D eigenvalue weighted by Gasteiger charge is -2.31. The second-order valence-corrected chi connectivity index (χ2v) is 10.2. The summed E-state index contributed by atoms with van der Waals surface area (Å²) in [6, 6.07) is 20.1. The number of aliphatic carboxylic acids is 1. The molecule has 184 valence electrons. The maximum absolute atomic E-state index is 13.9. The van der Waals surface area contributed by atoms with E-state index in [-0.39, 0.29) is 12.2 Å². The number of aryl methyl sites for hydroxylation is 1. The number of rotatable bonds is 6. The summed E-state index contributed by atoms with van der Waals surface area (Å²) < 4.78 is 0.848. The number of imide groups is 1. The molecule has 7 nitrogen and oxygen atoms in total. The Kier molecular flexibility index (Phi) is 6.18. The monoisotopic (exact) mass is 548 g/mol. The Morgan fingerprint density at radius 2 is 1.56 bits per heavy atom. The number of phenolic OH excluding ortho intramolecular Hbond substituents is 1. The largest absolute Gasteiger partial charge is 0.508 e. The Balaban J connectivity index is 1.63. The molecular weight excluding hydrogens is 524 g/mol. The van der Waals surface area contributed by atoms with E-state index in [1.807, 2.05) is 43.3 Å². The number of hydrogen-bond donors (Lipinski definition) is 3. The Morgan fingerprint density at radius 3 is 2.14 bits per heavy atom. The summed E-state index contributed by atoms with van der Waals surface area (Å²) in [7, 11) is 0. The number of carbonyl (C=O) groups excluding carboxylic acids is 2. The van der Waals surface area contributed by atoms with E-state index in [0.717, 1.165) is 26.9 Å². The molecule has 36 heavy (non-hydrogen) atoms. The van der Waals surface area contributed by atoms with Gasteiger partial charge in [-0.25, -0.2) is 4.90 Å². The molecule has 0 bridgehead atoms. The van der Waals surface area contributed by atoms with E-state index in [2.05, 4.69) is 21.2 Å². The number of halogens is 1. The molecule has 8 heteroatoms. The average Bonchev–Trinajstić information content (AvgIpc) is 3.35. The Morgan fingerprint density at radius 1 is 0.944 bits per heavy atom. The van der Waals surface area contributed by atoms with Crippen molar-refractivity contribution in [1.29, 1.82) is 0 Å². The van der Waals surface area contributed by atoms with Crippen LogP contribution in [0.25, 0.3) is 0 Å². The van der Waals surface area contributed by atoms with Gasteiger partial charge in [-0.2, -0.15) is 0 Å². The van der Waals surface area contributed by atoms with Crippen molar-refractivity contribution in [3.63, 3.8) is 0 Å². The highest BCUT2D eigenvalue weighted by Gasteiger charge is 2.68. The number of aromatic hydroxyl groups is 1. The highest BCUT2D eigenvalue weighted by Crippen LogP contribution is 2.51. The molecule has 4 unspecified atom stereocenters. The van der Waals surface area contributed by atoms with E-state index in [9.17, 15) is 24.6 Å². The van der Waals surface area contributed by atoms with Crippen molar-refractivity contribution in [3.8, 4) is 5.75 Å². The number of nitrogens with one attached hydrogen (secondary N) is 1. The number of carboxylic acid groups (broad SMARTS) is 1. The van der Waals surface area contributed by atoms with Crippen molar-refractivity contribution in [1.82, 2.24) is 5.32 Å². The van der Waals surface area contributed by atoms with Gasteiger partial charge in [0.25, 0.3) is 0 Å². The van der Waals surface area contributed by atoms with Crippen LogP contribution in [0.3, 0.4) is 0 Å². The van der Waals surface area contributed by atoms with E-state index in [1.54, 1.807) is 24.3 Å². The number of carboxylic acids is 1. The van der Waals surface area contributed by atoms with Gasteiger partial charge in [0, 0.05) is 16.9 Å². The van der Waals surface area contributed by atoms with Gasteiger partial charge in [0.1, 0.15) is 11.3 Å². The van der Waals surface area contributed by atoms with Gasteiger partial charge in [-0.1, -0.05) is 59.3 Å². The van der Waals surface area contributed by atoms with Crippen LogP contribution in [0, 0.1) is 11.8 Å². The minimum atomic E-state index is -1.72. The van der Waals surface area contributed by atoms with Gasteiger partial charge in [0.05, 0.1) is 17.5 Å². The molecule has 0 saturated carbocycles. The SMILES string of the molecule is CCc1ccc(N2C(=O)C3C(c4ccc(Br)cc4)NC(Cc4ccc(O)cc4)(C(=O)O)C3C2=O)cc1. The van der Waals surface area contributed by atoms with Gasteiger partial charge in [0.2, 0.25) is 11.8 Å². The van der Waals surface area contributed by atoms with Crippen molar-refractivity contribution >= 4 is 39.4 Å². The zero-order chi connectivity index (χ0) is 25.6. The molecule has 0 radical (unpaired) electrons. The summed E-state index contributed by atoms with van der Waals surface area (Å²) in [6.07, 6.45) is 0.788. The van der Waals surface area contributed by atoms with E-state index in [0.29, 0.717) is 11.3 Å². The van der Waals surface area contributed by atoms with Gasteiger partial charge >= 0.3 is 5.97 Å². The van der Waals surface area contributed by atoms with Crippen LogP contribution in [0.4, 0.5) is 5.69 Å². The van der Waals surface area contributed by atoms with Crippen LogP contribution in [0.1, 0.15) is 29.7 Å². The predicted molar refractivity (Wildman–Crippen MR) is 137 cm³/mol. The van der Waals surface area contributed by atoms with Crippen LogP contribution in [-0.2, 0) is 27.2 Å².